The van der Waals surface area contributed by atoms with Gasteiger partial charge >= 0.3 is 0 Å². The molecule has 1 N–H and O–H groups in total. The number of nitriles is 1. The highest BCUT2D eigenvalue weighted by Gasteiger charge is 2.29. The second-order valence-electron chi connectivity index (χ2n) is 3.89. The van der Waals surface area contributed by atoms with E-state index >= 15 is 0 Å². The summed E-state index contributed by atoms with van der Waals surface area (Å²) in [6, 6.07) is 1.93. The second-order valence-corrected chi connectivity index (χ2v) is 3.89. The molecule has 2 heterocycles. The van der Waals surface area contributed by atoms with E-state index < -0.39 is 0 Å². The van der Waals surface area contributed by atoms with Gasteiger partial charge in [0.1, 0.15) is 11.9 Å². The molecule has 2 rings (SSSR count). The second kappa shape index (κ2) is 3.83. The molecule has 1 aromatic heterocycles. The van der Waals surface area contributed by atoms with Crippen LogP contribution in [0.15, 0.2) is 12.4 Å². The summed E-state index contributed by atoms with van der Waals surface area (Å²) in [5.41, 5.74) is 0.261. The summed E-state index contributed by atoms with van der Waals surface area (Å²) in [6.45, 7) is 3.53. The molecule has 1 aromatic rings. The van der Waals surface area contributed by atoms with Gasteiger partial charge in [-0.1, -0.05) is 0 Å². The number of hydrogen-bond donors (Lipinski definition) is 1. The summed E-state index contributed by atoms with van der Waals surface area (Å²) in [5, 5.41) is 11.8. The van der Waals surface area contributed by atoms with Gasteiger partial charge in [-0.15, -0.1) is 0 Å². The Labute approximate surface area is 88.1 Å². The van der Waals surface area contributed by atoms with Crippen LogP contribution in [0.1, 0.15) is 19.0 Å². The minimum Gasteiger partial charge on any atom is -0.379 e. The lowest BCUT2D eigenvalue weighted by Crippen LogP contribution is -2.35. The van der Waals surface area contributed by atoms with E-state index in [0.29, 0.717) is 18.1 Å². The topological polar surface area (TPSA) is 70.8 Å². The molecular weight excluding hydrogens is 192 g/mol. The fourth-order valence-corrected chi connectivity index (χ4v) is 1.53. The average molecular weight is 204 g/mol. The molecule has 0 aromatic carbocycles. The first kappa shape index (κ1) is 9.87. The Hall–Kier alpha value is -1.67. The van der Waals surface area contributed by atoms with Crippen LogP contribution in [0.3, 0.4) is 0 Å². The Bertz CT molecular complexity index is 375. The summed E-state index contributed by atoms with van der Waals surface area (Å²) in [5.74, 6) is 0.682. The molecule has 1 aliphatic rings. The van der Waals surface area contributed by atoms with Gasteiger partial charge in [0, 0.05) is 6.61 Å². The molecule has 0 aliphatic carbocycles. The van der Waals surface area contributed by atoms with Gasteiger partial charge in [0.15, 0.2) is 5.69 Å². The normalized spacial score (nSPS) is 24.8. The predicted octanol–water partition coefficient (Wildman–Crippen LogP) is 0.939. The van der Waals surface area contributed by atoms with Gasteiger partial charge in [-0.25, -0.2) is 9.97 Å². The molecule has 0 bridgehead atoms. The molecule has 0 saturated carbocycles. The van der Waals surface area contributed by atoms with Gasteiger partial charge in [-0.2, -0.15) is 5.26 Å². The zero-order valence-corrected chi connectivity index (χ0v) is 8.53. The molecule has 0 spiro atoms. The Kier molecular flexibility index (Phi) is 2.52. The lowest BCUT2D eigenvalue weighted by atomic mass is 10.0. The third-order valence-corrected chi connectivity index (χ3v) is 2.42. The van der Waals surface area contributed by atoms with Crippen molar-refractivity contribution in [1.82, 2.24) is 9.97 Å². The van der Waals surface area contributed by atoms with E-state index in [1.807, 2.05) is 6.07 Å². The summed E-state index contributed by atoms with van der Waals surface area (Å²) >= 11 is 0. The van der Waals surface area contributed by atoms with Gasteiger partial charge in [-0.05, 0) is 13.3 Å². The Morgan fingerprint density at radius 3 is 2.93 bits per heavy atom. The summed E-state index contributed by atoms with van der Waals surface area (Å²) < 4.78 is 5.31. The first-order valence-electron chi connectivity index (χ1n) is 4.80. The van der Waals surface area contributed by atoms with Gasteiger partial charge in [-0.3, -0.25) is 0 Å². The minimum atomic E-state index is -0.0666. The highest BCUT2D eigenvalue weighted by Crippen LogP contribution is 2.22. The van der Waals surface area contributed by atoms with Crippen LogP contribution in [0.5, 0.6) is 0 Å². The summed E-state index contributed by atoms with van der Waals surface area (Å²) in [4.78, 5) is 8.05. The molecule has 1 saturated heterocycles. The number of nitrogens with one attached hydrogen (secondary N) is 1. The fourth-order valence-electron chi connectivity index (χ4n) is 1.53. The van der Waals surface area contributed by atoms with Crippen LogP contribution in [-0.2, 0) is 4.74 Å². The van der Waals surface area contributed by atoms with E-state index in [1.165, 1.54) is 6.20 Å². The smallest absolute Gasteiger partial charge is 0.158 e. The Morgan fingerprint density at radius 2 is 2.40 bits per heavy atom. The third kappa shape index (κ3) is 2.22. The van der Waals surface area contributed by atoms with Crippen molar-refractivity contribution in [3.8, 4) is 6.07 Å². The van der Waals surface area contributed by atoms with Crippen LogP contribution >= 0.6 is 0 Å². The number of hydrogen-bond acceptors (Lipinski definition) is 5. The molecule has 0 amide bonds. The Morgan fingerprint density at radius 1 is 1.53 bits per heavy atom. The minimum absolute atomic E-state index is 0.0666. The molecule has 5 nitrogen and oxygen atoms in total. The lowest BCUT2D eigenvalue weighted by molar-refractivity contribution is 0.185. The highest BCUT2D eigenvalue weighted by molar-refractivity contribution is 5.36. The van der Waals surface area contributed by atoms with E-state index in [-0.39, 0.29) is 5.54 Å². The van der Waals surface area contributed by atoms with Crippen LogP contribution in [0.25, 0.3) is 0 Å². The van der Waals surface area contributed by atoms with E-state index in [4.69, 9.17) is 10.00 Å². The quantitative estimate of drug-likeness (QED) is 0.776. The van der Waals surface area contributed by atoms with Crippen molar-refractivity contribution >= 4 is 5.82 Å². The van der Waals surface area contributed by atoms with Crippen LogP contribution in [0.2, 0.25) is 0 Å². The molecule has 1 fully saturated rings. The summed E-state index contributed by atoms with van der Waals surface area (Å²) in [6.07, 6.45) is 3.98. The molecule has 78 valence electrons. The van der Waals surface area contributed by atoms with Crippen molar-refractivity contribution < 1.29 is 4.74 Å². The van der Waals surface area contributed by atoms with Crippen LogP contribution < -0.4 is 5.32 Å². The van der Waals surface area contributed by atoms with Crippen LogP contribution in [-0.4, -0.2) is 28.7 Å². The van der Waals surface area contributed by atoms with Crippen molar-refractivity contribution in [2.45, 2.75) is 18.9 Å². The maximum atomic E-state index is 8.57. The number of nitrogens with zero attached hydrogens (tertiary/aromatic N) is 3. The monoisotopic (exact) mass is 204 g/mol. The number of rotatable bonds is 2. The third-order valence-electron chi connectivity index (χ3n) is 2.42. The molecule has 1 unspecified atom stereocenters. The fraction of sp³-hybridized carbons (Fsp3) is 0.500. The Balaban J connectivity index is 2.08. The largest absolute Gasteiger partial charge is 0.379 e. The maximum absolute atomic E-state index is 8.57. The first-order valence-corrected chi connectivity index (χ1v) is 4.80. The van der Waals surface area contributed by atoms with Crippen molar-refractivity contribution in [2.24, 2.45) is 0 Å². The summed E-state index contributed by atoms with van der Waals surface area (Å²) in [7, 11) is 0. The van der Waals surface area contributed by atoms with E-state index in [1.54, 1.807) is 6.20 Å². The molecule has 1 atom stereocenters. The van der Waals surface area contributed by atoms with Crippen molar-refractivity contribution in [2.75, 3.05) is 18.5 Å². The van der Waals surface area contributed by atoms with Crippen LogP contribution in [0, 0.1) is 11.3 Å². The zero-order chi connectivity index (χ0) is 10.7. The van der Waals surface area contributed by atoms with Gasteiger partial charge in [0.25, 0.3) is 0 Å². The van der Waals surface area contributed by atoms with Crippen LogP contribution in [0.4, 0.5) is 5.82 Å². The lowest BCUT2D eigenvalue weighted by Gasteiger charge is -2.23. The number of aromatic nitrogens is 2. The number of ether oxygens (including phenoxy) is 1. The van der Waals surface area contributed by atoms with Gasteiger partial charge in [0.05, 0.1) is 24.5 Å². The molecule has 1 aliphatic heterocycles. The van der Waals surface area contributed by atoms with E-state index in [2.05, 4.69) is 22.2 Å². The van der Waals surface area contributed by atoms with Crippen molar-refractivity contribution in [3.05, 3.63) is 18.1 Å². The zero-order valence-electron chi connectivity index (χ0n) is 8.53. The molecule has 5 heteroatoms. The van der Waals surface area contributed by atoms with E-state index in [0.717, 1.165) is 13.0 Å². The maximum Gasteiger partial charge on any atom is 0.158 e. The van der Waals surface area contributed by atoms with Crippen molar-refractivity contribution in [3.63, 3.8) is 0 Å². The standard InChI is InChI=1S/C10H12N4O/c1-10(2-3-15-7-10)14-9-6-12-8(4-11)5-13-9/h5-6H,2-3,7H2,1H3,(H,13,14). The molecular formula is C10H12N4O. The first-order chi connectivity index (χ1) is 7.22. The highest BCUT2D eigenvalue weighted by atomic mass is 16.5. The van der Waals surface area contributed by atoms with Gasteiger partial charge < -0.3 is 10.1 Å². The average Bonchev–Trinajstić information content (AvgIpc) is 2.66. The van der Waals surface area contributed by atoms with Gasteiger partial charge in [0.2, 0.25) is 0 Å². The molecule has 15 heavy (non-hydrogen) atoms. The molecule has 0 radical (unpaired) electrons. The van der Waals surface area contributed by atoms with E-state index in [9.17, 15) is 0 Å². The van der Waals surface area contributed by atoms with Crippen molar-refractivity contribution in [1.29, 1.82) is 5.26 Å². The number of anilines is 1. The predicted molar refractivity (Wildman–Crippen MR) is 54.2 cm³/mol. The SMILES string of the molecule is CC1(Nc2cnc(C#N)cn2)CCOC1.